The molecular weight excluding hydrogens is 437 g/mol. The average Bonchev–Trinajstić information content (AvgIpc) is 3.28. The number of carbonyl (C=O) groups excluding carboxylic acids is 1. The number of ether oxygens (including phenoxy) is 2. The van der Waals surface area contributed by atoms with E-state index in [1.54, 1.807) is 12.0 Å². The molecule has 1 saturated carbocycles. The van der Waals surface area contributed by atoms with Crippen LogP contribution in [0.15, 0.2) is 30.6 Å². The van der Waals surface area contributed by atoms with Crippen molar-refractivity contribution < 1.29 is 14.3 Å². The lowest BCUT2D eigenvalue weighted by Crippen LogP contribution is -2.46. The van der Waals surface area contributed by atoms with Gasteiger partial charge >= 0.3 is 0 Å². The van der Waals surface area contributed by atoms with Crippen LogP contribution in [0.25, 0.3) is 0 Å². The van der Waals surface area contributed by atoms with E-state index in [2.05, 4.69) is 10.3 Å². The van der Waals surface area contributed by atoms with E-state index in [1.165, 1.54) is 25.2 Å². The summed E-state index contributed by atoms with van der Waals surface area (Å²) in [5.41, 5.74) is 1.01. The minimum atomic E-state index is -0.235. The van der Waals surface area contributed by atoms with Crippen LogP contribution in [0.1, 0.15) is 48.9 Å². The molecule has 1 saturated heterocycles. The minimum absolute atomic E-state index is 0.0155. The smallest absolute Gasteiger partial charge is 0.261 e. The van der Waals surface area contributed by atoms with E-state index in [1.807, 2.05) is 18.2 Å². The Kier molecular flexibility index (Phi) is 7.20. The summed E-state index contributed by atoms with van der Waals surface area (Å²) in [4.78, 5) is 19.5. The van der Waals surface area contributed by atoms with Gasteiger partial charge in [0.2, 0.25) is 0 Å². The second kappa shape index (κ2) is 10.1. The zero-order valence-corrected chi connectivity index (χ0v) is 19.1. The van der Waals surface area contributed by atoms with Crippen LogP contribution in [-0.2, 0) is 0 Å². The Bertz CT molecular complexity index is 908. The van der Waals surface area contributed by atoms with Gasteiger partial charge in [-0.05, 0) is 63.7 Å². The molecule has 0 bridgehead atoms. The molecule has 6 nitrogen and oxygen atoms in total. The lowest BCUT2D eigenvalue weighted by atomic mass is 10.0. The van der Waals surface area contributed by atoms with Crippen molar-refractivity contribution in [2.45, 2.75) is 50.7 Å². The van der Waals surface area contributed by atoms with E-state index < -0.39 is 0 Å². The minimum Gasteiger partial charge on any atom is -0.493 e. The van der Waals surface area contributed by atoms with E-state index in [0.29, 0.717) is 11.5 Å². The molecule has 0 unspecified atom stereocenters. The number of hydrogen-bond acceptors (Lipinski definition) is 5. The van der Waals surface area contributed by atoms with E-state index in [0.717, 1.165) is 44.5 Å². The molecule has 1 N–H and O–H groups in total. The molecule has 1 aliphatic heterocycles. The Labute approximate surface area is 192 Å². The van der Waals surface area contributed by atoms with Crippen molar-refractivity contribution in [3.63, 3.8) is 0 Å². The van der Waals surface area contributed by atoms with Gasteiger partial charge in [-0.3, -0.25) is 9.78 Å². The lowest BCUT2D eigenvalue weighted by Gasteiger charge is -2.35. The summed E-state index contributed by atoms with van der Waals surface area (Å²) < 4.78 is 11.8. The van der Waals surface area contributed by atoms with Gasteiger partial charge < -0.3 is 19.7 Å². The average molecular weight is 464 g/mol. The maximum Gasteiger partial charge on any atom is 0.261 e. The zero-order valence-electron chi connectivity index (χ0n) is 17.6. The van der Waals surface area contributed by atoms with Gasteiger partial charge in [0.1, 0.15) is 0 Å². The molecule has 2 heterocycles. The van der Waals surface area contributed by atoms with Crippen LogP contribution in [-0.4, -0.2) is 43.2 Å². The summed E-state index contributed by atoms with van der Waals surface area (Å²) >= 11 is 12.7. The highest BCUT2D eigenvalue weighted by Gasteiger charge is 2.31. The van der Waals surface area contributed by atoms with Crippen molar-refractivity contribution in [2.75, 3.05) is 25.1 Å². The summed E-state index contributed by atoms with van der Waals surface area (Å²) in [6, 6.07) is 5.67. The van der Waals surface area contributed by atoms with Gasteiger partial charge in [0, 0.05) is 30.2 Å². The van der Waals surface area contributed by atoms with Crippen molar-refractivity contribution in [2.24, 2.45) is 0 Å². The first kappa shape index (κ1) is 22.2. The standard InChI is InChI=1S/C23H27Cl2N3O3/c1-30-20-7-6-16(12-21(20)31-17-4-2-3-5-17)28(15-8-10-26-11-9-15)23(29)22-18(24)13-27-14-19(22)25/h6-7,12-15,17,26H,2-5,8-11H2,1H3. The first-order valence-electron chi connectivity index (χ1n) is 10.8. The number of piperidine rings is 1. The molecule has 2 fully saturated rings. The van der Waals surface area contributed by atoms with Gasteiger partial charge in [0.15, 0.2) is 11.5 Å². The molecule has 2 aliphatic rings. The number of halogens is 2. The summed E-state index contributed by atoms with van der Waals surface area (Å²) in [5, 5.41) is 3.84. The summed E-state index contributed by atoms with van der Waals surface area (Å²) in [6.07, 6.45) is 9.15. The number of aromatic nitrogens is 1. The first-order chi connectivity index (χ1) is 15.1. The van der Waals surface area contributed by atoms with E-state index in [4.69, 9.17) is 32.7 Å². The van der Waals surface area contributed by atoms with Crippen LogP contribution in [0.2, 0.25) is 10.0 Å². The maximum atomic E-state index is 13.7. The fraction of sp³-hybridized carbons (Fsp3) is 0.478. The monoisotopic (exact) mass is 463 g/mol. The predicted octanol–water partition coefficient (Wildman–Crippen LogP) is 5.12. The molecule has 1 aromatic heterocycles. The molecule has 0 atom stereocenters. The predicted molar refractivity (Wildman–Crippen MR) is 123 cm³/mol. The topological polar surface area (TPSA) is 63.7 Å². The lowest BCUT2D eigenvalue weighted by molar-refractivity contribution is 0.0972. The largest absolute Gasteiger partial charge is 0.493 e. The van der Waals surface area contributed by atoms with Gasteiger partial charge in [-0.2, -0.15) is 0 Å². The van der Waals surface area contributed by atoms with Crippen LogP contribution in [0.5, 0.6) is 11.5 Å². The Morgan fingerprint density at radius 2 is 1.74 bits per heavy atom. The third-order valence-electron chi connectivity index (χ3n) is 5.98. The Hall–Kier alpha value is -2.02. The zero-order chi connectivity index (χ0) is 21.8. The summed E-state index contributed by atoms with van der Waals surface area (Å²) in [5.74, 6) is 1.08. The summed E-state index contributed by atoms with van der Waals surface area (Å²) in [7, 11) is 1.63. The molecular formula is C23H27Cl2N3O3. The van der Waals surface area contributed by atoms with Crippen molar-refractivity contribution in [1.29, 1.82) is 0 Å². The van der Waals surface area contributed by atoms with Gasteiger partial charge in [-0.15, -0.1) is 0 Å². The summed E-state index contributed by atoms with van der Waals surface area (Å²) in [6.45, 7) is 1.68. The van der Waals surface area contributed by atoms with Gasteiger partial charge in [0.05, 0.1) is 28.8 Å². The number of amides is 1. The quantitative estimate of drug-likeness (QED) is 0.643. The van der Waals surface area contributed by atoms with Crippen molar-refractivity contribution in [3.05, 3.63) is 46.2 Å². The van der Waals surface area contributed by atoms with Crippen LogP contribution < -0.4 is 19.7 Å². The molecule has 8 heteroatoms. The second-order valence-corrected chi connectivity index (χ2v) is 8.81. The number of anilines is 1. The number of hydrogen-bond donors (Lipinski definition) is 1. The Morgan fingerprint density at radius 1 is 1.06 bits per heavy atom. The number of pyridine rings is 1. The van der Waals surface area contributed by atoms with Crippen LogP contribution in [0, 0.1) is 0 Å². The van der Waals surface area contributed by atoms with E-state index in [-0.39, 0.29) is 33.7 Å². The molecule has 0 spiro atoms. The van der Waals surface area contributed by atoms with Gasteiger partial charge in [-0.1, -0.05) is 23.2 Å². The number of carbonyl (C=O) groups is 1. The van der Waals surface area contributed by atoms with Crippen LogP contribution >= 0.6 is 23.2 Å². The number of methoxy groups -OCH3 is 1. The third-order valence-corrected chi connectivity index (χ3v) is 6.55. The number of benzene rings is 1. The van der Waals surface area contributed by atoms with Gasteiger partial charge in [-0.25, -0.2) is 0 Å². The van der Waals surface area contributed by atoms with Crippen molar-refractivity contribution in [3.8, 4) is 11.5 Å². The first-order valence-corrected chi connectivity index (χ1v) is 11.5. The molecule has 2 aromatic rings. The van der Waals surface area contributed by atoms with Crippen molar-refractivity contribution >= 4 is 34.8 Å². The number of rotatable bonds is 6. The fourth-order valence-corrected chi connectivity index (χ4v) is 4.91. The number of nitrogens with zero attached hydrogens (tertiary/aromatic N) is 2. The molecule has 0 radical (unpaired) electrons. The second-order valence-electron chi connectivity index (χ2n) is 7.99. The fourth-order valence-electron chi connectivity index (χ4n) is 4.39. The molecule has 1 amide bonds. The molecule has 166 valence electrons. The third kappa shape index (κ3) is 4.92. The van der Waals surface area contributed by atoms with Gasteiger partial charge in [0.25, 0.3) is 5.91 Å². The Balaban J connectivity index is 1.73. The van der Waals surface area contributed by atoms with Crippen molar-refractivity contribution in [1.82, 2.24) is 10.3 Å². The highest BCUT2D eigenvalue weighted by Crippen LogP contribution is 2.37. The van der Waals surface area contributed by atoms with Crippen LogP contribution in [0.4, 0.5) is 5.69 Å². The highest BCUT2D eigenvalue weighted by atomic mass is 35.5. The molecule has 31 heavy (non-hydrogen) atoms. The Morgan fingerprint density at radius 3 is 2.39 bits per heavy atom. The highest BCUT2D eigenvalue weighted by molar-refractivity contribution is 6.40. The number of nitrogens with one attached hydrogen (secondary N) is 1. The molecule has 4 rings (SSSR count). The molecule has 1 aliphatic carbocycles. The van der Waals surface area contributed by atoms with E-state index >= 15 is 0 Å². The normalized spacial score (nSPS) is 17.5. The van der Waals surface area contributed by atoms with Crippen LogP contribution in [0.3, 0.4) is 0 Å². The maximum absolute atomic E-state index is 13.7. The van der Waals surface area contributed by atoms with E-state index in [9.17, 15) is 4.79 Å². The molecule has 1 aromatic carbocycles. The SMILES string of the molecule is COc1ccc(N(C(=O)c2c(Cl)cncc2Cl)C2CCNCC2)cc1OC1CCCC1.